The maximum atomic E-state index is 12.4. The van der Waals surface area contributed by atoms with E-state index in [1.54, 1.807) is 6.07 Å². The minimum Gasteiger partial charge on any atom is -0.335 e. The van der Waals surface area contributed by atoms with Crippen molar-refractivity contribution >= 4 is 17.5 Å². The number of benzene rings is 1. The van der Waals surface area contributed by atoms with E-state index in [9.17, 15) is 4.79 Å². The molecule has 21 heavy (non-hydrogen) atoms. The SMILES string of the molecule is CC1CN(C(=O)c2cc(-c3ccc(Cl)cc3)n[nH]2)CCN1. The summed E-state index contributed by atoms with van der Waals surface area (Å²) < 4.78 is 0. The Labute approximate surface area is 128 Å². The number of aromatic amines is 1. The zero-order valence-corrected chi connectivity index (χ0v) is 12.5. The van der Waals surface area contributed by atoms with Gasteiger partial charge in [-0.05, 0) is 25.1 Å². The summed E-state index contributed by atoms with van der Waals surface area (Å²) in [6.07, 6.45) is 0. The van der Waals surface area contributed by atoms with E-state index in [4.69, 9.17) is 11.6 Å². The van der Waals surface area contributed by atoms with Gasteiger partial charge >= 0.3 is 0 Å². The smallest absolute Gasteiger partial charge is 0.271 e. The Bertz CT molecular complexity index is 637. The predicted molar refractivity (Wildman–Crippen MR) is 82.4 cm³/mol. The van der Waals surface area contributed by atoms with Gasteiger partial charge in [-0.15, -0.1) is 0 Å². The van der Waals surface area contributed by atoms with E-state index in [0.29, 0.717) is 23.3 Å². The second kappa shape index (κ2) is 5.87. The second-order valence-electron chi connectivity index (χ2n) is 5.28. The van der Waals surface area contributed by atoms with Gasteiger partial charge in [0.2, 0.25) is 0 Å². The molecule has 0 spiro atoms. The molecular formula is C15H17ClN4O. The van der Waals surface area contributed by atoms with Gasteiger partial charge < -0.3 is 10.2 Å². The number of amides is 1. The molecule has 1 aromatic carbocycles. The summed E-state index contributed by atoms with van der Waals surface area (Å²) in [4.78, 5) is 14.3. The molecule has 6 heteroatoms. The van der Waals surface area contributed by atoms with Crippen molar-refractivity contribution in [3.05, 3.63) is 41.0 Å². The van der Waals surface area contributed by atoms with Crippen LogP contribution in [0.15, 0.2) is 30.3 Å². The summed E-state index contributed by atoms with van der Waals surface area (Å²) in [7, 11) is 0. The molecule has 0 aliphatic carbocycles. The van der Waals surface area contributed by atoms with Crippen LogP contribution in [0.4, 0.5) is 0 Å². The molecule has 1 unspecified atom stereocenters. The van der Waals surface area contributed by atoms with E-state index in [1.165, 1.54) is 0 Å². The monoisotopic (exact) mass is 304 g/mol. The van der Waals surface area contributed by atoms with E-state index < -0.39 is 0 Å². The third-order valence-electron chi connectivity index (χ3n) is 3.60. The van der Waals surface area contributed by atoms with Crippen LogP contribution in [0.2, 0.25) is 5.02 Å². The Balaban J connectivity index is 1.78. The lowest BCUT2D eigenvalue weighted by molar-refractivity contribution is 0.0703. The van der Waals surface area contributed by atoms with Crippen molar-refractivity contribution in [1.82, 2.24) is 20.4 Å². The molecule has 0 saturated carbocycles. The van der Waals surface area contributed by atoms with Gasteiger partial charge in [0, 0.05) is 36.3 Å². The maximum Gasteiger partial charge on any atom is 0.271 e. The summed E-state index contributed by atoms with van der Waals surface area (Å²) in [5.74, 6) is -0.00364. The fraction of sp³-hybridized carbons (Fsp3) is 0.333. The van der Waals surface area contributed by atoms with Crippen LogP contribution < -0.4 is 5.32 Å². The molecule has 1 aromatic heterocycles. The molecule has 0 bridgehead atoms. The van der Waals surface area contributed by atoms with E-state index in [-0.39, 0.29) is 5.91 Å². The summed E-state index contributed by atoms with van der Waals surface area (Å²) >= 11 is 5.88. The molecule has 1 aliphatic heterocycles. The number of nitrogens with one attached hydrogen (secondary N) is 2. The lowest BCUT2D eigenvalue weighted by Gasteiger charge is -2.31. The van der Waals surface area contributed by atoms with Crippen LogP contribution >= 0.6 is 11.6 Å². The van der Waals surface area contributed by atoms with E-state index >= 15 is 0 Å². The van der Waals surface area contributed by atoms with E-state index in [0.717, 1.165) is 24.3 Å². The van der Waals surface area contributed by atoms with Crippen molar-refractivity contribution in [1.29, 1.82) is 0 Å². The number of piperazine rings is 1. The minimum absolute atomic E-state index is 0.00364. The molecule has 5 nitrogen and oxygen atoms in total. The Hall–Kier alpha value is -1.85. The summed E-state index contributed by atoms with van der Waals surface area (Å²) in [5, 5.41) is 11.1. The van der Waals surface area contributed by atoms with Crippen LogP contribution in [0, 0.1) is 0 Å². The Morgan fingerprint density at radius 2 is 2.14 bits per heavy atom. The van der Waals surface area contributed by atoms with Gasteiger partial charge in [0.05, 0.1) is 5.69 Å². The number of carbonyl (C=O) groups excluding carboxylic acids is 1. The van der Waals surface area contributed by atoms with Crippen molar-refractivity contribution in [2.45, 2.75) is 13.0 Å². The van der Waals surface area contributed by atoms with Crippen molar-refractivity contribution < 1.29 is 4.79 Å². The summed E-state index contributed by atoms with van der Waals surface area (Å²) in [5.41, 5.74) is 2.20. The van der Waals surface area contributed by atoms with Crippen LogP contribution in [0.1, 0.15) is 17.4 Å². The van der Waals surface area contributed by atoms with Gasteiger partial charge in [-0.2, -0.15) is 5.10 Å². The Kier molecular flexibility index (Phi) is 3.94. The van der Waals surface area contributed by atoms with Crippen LogP contribution in [0.25, 0.3) is 11.3 Å². The maximum absolute atomic E-state index is 12.4. The first-order valence-corrected chi connectivity index (χ1v) is 7.35. The van der Waals surface area contributed by atoms with Crippen LogP contribution in [0.5, 0.6) is 0 Å². The number of rotatable bonds is 2. The highest BCUT2D eigenvalue weighted by Gasteiger charge is 2.23. The van der Waals surface area contributed by atoms with Gasteiger partial charge in [-0.1, -0.05) is 23.7 Å². The molecule has 2 aromatic rings. The molecule has 1 saturated heterocycles. The third kappa shape index (κ3) is 3.09. The number of hydrogen-bond acceptors (Lipinski definition) is 3. The van der Waals surface area contributed by atoms with Gasteiger partial charge in [0.15, 0.2) is 0 Å². The first-order chi connectivity index (χ1) is 10.1. The van der Waals surface area contributed by atoms with Crippen molar-refractivity contribution in [3.8, 4) is 11.3 Å². The standard InChI is InChI=1S/C15H17ClN4O/c1-10-9-20(7-6-17-10)15(21)14-8-13(18-19-14)11-2-4-12(16)5-3-11/h2-5,8,10,17H,6-7,9H2,1H3,(H,18,19). The number of halogens is 1. The normalized spacial score (nSPS) is 18.8. The second-order valence-corrected chi connectivity index (χ2v) is 5.72. The molecule has 1 atom stereocenters. The minimum atomic E-state index is -0.00364. The average molecular weight is 305 g/mol. The molecule has 1 amide bonds. The van der Waals surface area contributed by atoms with Crippen molar-refractivity contribution in [2.24, 2.45) is 0 Å². The molecule has 2 N–H and O–H groups in total. The Morgan fingerprint density at radius 1 is 1.38 bits per heavy atom. The fourth-order valence-corrected chi connectivity index (χ4v) is 2.61. The zero-order chi connectivity index (χ0) is 14.8. The first kappa shape index (κ1) is 14.1. The van der Waals surface area contributed by atoms with E-state index in [1.807, 2.05) is 29.2 Å². The summed E-state index contributed by atoms with van der Waals surface area (Å²) in [6.45, 7) is 4.34. The molecule has 1 fully saturated rings. The van der Waals surface area contributed by atoms with Crippen molar-refractivity contribution in [3.63, 3.8) is 0 Å². The molecular weight excluding hydrogens is 288 g/mol. The van der Waals surface area contributed by atoms with Crippen molar-refractivity contribution in [2.75, 3.05) is 19.6 Å². The topological polar surface area (TPSA) is 61.0 Å². The summed E-state index contributed by atoms with van der Waals surface area (Å²) in [6, 6.07) is 9.51. The molecule has 110 valence electrons. The van der Waals surface area contributed by atoms with E-state index in [2.05, 4.69) is 22.4 Å². The molecule has 3 rings (SSSR count). The molecule has 1 aliphatic rings. The highest BCUT2D eigenvalue weighted by Crippen LogP contribution is 2.20. The fourth-order valence-electron chi connectivity index (χ4n) is 2.49. The average Bonchev–Trinajstić information content (AvgIpc) is 2.97. The Morgan fingerprint density at radius 3 is 2.86 bits per heavy atom. The van der Waals surface area contributed by atoms with Gasteiger partial charge in [0.1, 0.15) is 5.69 Å². The van der Waals surface area contributed by atoms with Gasteiger partial charge in [-0.25, -0.2) is 0 Å². The van der Waals surface area contributed by atoms with Gasteiger partial charge in [0.25, 0.3) is 5.91 Å². The molecule has 0 radical (unpaired) electrons. The van der Waals surface area contributed by atoms with Crippen LogP contribution in [0.3, 0.4) is 0 Å². The largest absolute Gasteiger partial charge is 0.335 e. The number of aromatic nitrogens is 2. The van der Waals surface area contributed by atoms with Crippen LogP contribution in [-0.2, 0) is 0 Å². The number of carbonyl (C=O) groups is 1. The number of nitrogens with zero attached hydrogens (tertiary/aromatic N) is 2. The highest BCUT2D eigenvalue weighted by molar-refractivity contribution is 6.30. The zero-order valence-electron chi connectivity index (χ0n) is 11.8. The lowest BCUT2D eigenvalue weighted by atomic mass is 10.1. The number of H-pyrrole nitrogens is 1. The van der Waals surface area contributed by atoms with Gasteiger partial charge in [-0.3, -0.25) is 9.89 Å². The quantitative estimate of drug-likeness (QED) is 0.894. The first-order valence-electron chi connectivity index (χ1n) is 6.97. The number of hydrogen-bond donors (Lipinski definition) is 2. The molecule has 2 heterocycles. The third-order valence-corrected chi connectivity index (χ3v) is 3.86. The lowest BCUT2D eigenvalue weighted by Crippen LogP contribution is -2.51. The highest BCUT2D eigenvalue weighted by atomic mass is 35.5. The van der Waals surface area contributed by atoms with Crippen LogP contribution in [-0.4, -0.2) is 46.7 Å². The predicted octanol–water partition coefficient (Wildman–Crippen LogP) is 2.16.